The molecule has 0 amide bonds. The van der Waals surface area contributed by atoms with Gasteiger partial charge in [-0.05, 0) is 48.4 Å². The Hall–Kier alpha value is -3.61. The average Bonchev–Trinajstić information content (AvgIpc) is 2.74. The monoisotopic (exact) mass is 378 g/mol. The van der Waals surface area contributed by atoms with Crippen LogP contribution in [0, 0.1) is 0 Å². The Labute approximate surface area is 163 Å². The standard InChI is InChI=1S/C21H22N4O3/c1-27-18-6-4-3-5-15(18)11-13-22-21-23-14-12-19(25-21)24-17-9-7-16(8-10-17)20(26)28-2/h3-10,12,14H,11,13H2,1-2H3,(H2,22,23,24,25). The molecule has 1 heterocycles. The molecule has 0 saturated heterocycles. The summed E-state index contributed by atoms with van der Waals surface area (Å²) in [7, 11) is 3.03. The number of anilines is 3. The summed E-state index contributed by atoms with van der Waals surface area (Å²) in [6.07, 6.45) is 2.48. The average molecular weight is 378 g/mol. The van der Waals surface area contributed by atoms with Gasteiger partial charge >= 0.3 is 5.97 Å². The van der Waals surface area contributed by atoms with Gasteiger partial charge in [0.2, 0.25) is 5.95 Å². The number of aromatic nitrogens is 2. The van der Waals surface area contributed by atoms with E-state index in [0.717, 1.165) is 23.4 Å². The van der Waals surface area contributed by atoms with Gasteiger partial charge < -0.3 is 20.1 Å². The molecular formula is C21H22N4O3. The molecule has 0 unspecified atom stereocenters. The summed E-state index contributed by atoms with van der Waals surface area (Å²) in [6.45, 7) is 0.678. The van der Waals surface area contributed by atoms with Gasteiger partial charge in [0.15, 0.2) is 0 Å². The second-order valence-electron chi connectivity index (χ2n) is 5.95. The van der Waals surface area contributed by atoms with Crippen LogP contribution in [-0.4, -0.2) is 36.7 Å². The molecule has 0 aliphatic heterocycles. The first kappa shape index (κ1) is 19.2. The molecule has 3 aromatic rings. The smallest absolute Gasteiger partial charge is 0.337 e. The largest absolute Gasteiger partial charge is 0.496 e. The number of carbonyl (C=O) groups is 1. The molecule has 0 bridgehead atoms. The minimum Gasteiger partial charge on any atom is -0.496 e. The van der Waals surface area contributed by atoms with Crippen LogP contribution < -0.4 is 15.4 Å². The lowest BCUT2D eigenvalue weighted by Gasteiger charge is -2.10. The summed E-state index contributed by atoms with van der Waals surface area (Å²) in [6, 6.07) is 16.7. The van der Waals surface area contributed by atoms with Crippen LogP contribution in [0.1, 0.15) is 15.9 Å². The lowest BCUT2D eigenvalue weighted by molar-refractivity contribution is 0.0601. The fraction of sp³-hybridized carbons (Fsp3) is 0.190. The molecule has 0 spiro atoms. The van der Waals surface area contributed by atoms with Crippen LogP contribution in [0.15, 0.2) is 60.8 Å². The molecule has 0 atom stereocenters. The SMILES string of the molecule is COC(=O)c1ccc(Nc2ccnc(NCCc3ccccc3OC)n2)cc1. The van der Waals surface area contributed by atoms with E-state index < -0.39 is 0 Å². The first-order chi connectivity index (χ1) is 13.7. The highest BCUT2D eigenvalue weighted by Crippen LogP contribution is 2.19. The number of benzene rings is 2. The Kier molecular flexibility index (Phi) is 6.41. The molecule has 2 aromatic carbocycles. The number of ether oxygens (including phenoxy) is 2. The Morgan fingerprint density at radius 1 is 1.04 bits per heavy atom. The van der Waals surface area contributed by atoms with Gasteiger partial charge in [-0.15, -0.1) is 0 Å². The van der Waals surface area contributed by atoms with Crippen molar-refractivity contribution in [2.45, 2.75) is 6.42 Å². The fourth-order valence-electron chi connectivity index (χ4n) is 2.69. The summed E-state index contributed by atoms with van der Waals surface area (Å²) in [4.78, 5) is 20.2. The lowest BCUT2D eigenvalue weighted by Crippen LogP contribution is -2.09. The van der Waals surface area contributed by atoms with Crippen molar-refractivity contribution in [3.8, 4) is 5.75 Å². The molecule has 0 aliphatic rings. The Balaban J connectivity index is 1.58. The Morgan fingerprint density at radius 2 is 1.82 bits per heavy atom. The summed E-state index contributed by atoms with van der Waals surface area (Å²) in [5, 5.41) is 6.41. The summed E-state index contributed by atoms with van der Waals surface area (Å²) in [5.74, 6) is 1.69. The van der Waals surface area contributed by atoms with E-state index in [9.17, 15) is 4.79 Å². The third-order valence-corrected chi connectivity index (χ3v) is 4.10. The van der Waals surface area contributed by atoms with Gasteiger partial charge in [0.1, 0.15) is 11.6 Å². The molecule has 7 nitrogen and oxygen atoms in total. The highest BCUT2D eigenvalue weighted by Gasteiger charge is 2.06. The zero-order chi connectivity index (χ0) is 19.8. The van der Waals surface area contributed by atoms with E-state index in [0.29, 0.717) is 23.9 Å². The number of carbonyl (C=O) groups excluding carboxylic acids is 1. The molecule has 0 fully saturated rings. The molecule has 144 valence electrons. The van der Waals surface area contributed by atoms with Gasteiger partial charge in [0.25, 0.3) is 0 Å². The maximum absolute atomic E-state index is 11.5. The van der Waals surface area contributed by atoms with Crippen molar-refractivity contribution in [3.05, 3.63) is 71.9 Å². The van der Waals surface area contributed by atoms with Crippen molar-refractivity contribution in [1.82, 2.24) is 9.97 Å². The molecule has 3 rings (SSSR count). The molecule has 0 radical (unpaired) electrons. The van der Waals surface area contributed by atoms with Crippen LogP contribution >= 0.6 is 0 Å². The zero-order valence-corrected chi connectivity index (χ0v) is 15.8. The van der Waals surface area contributed by atoms with Gasteiger partial charge in [-0.1, -0.05) is 18.2 Å². The molecule has 28 heavy (non-hydrogen) atoms. The molecule has 2 N–H and O–H groups in total. The molecule has 7 heteroatoms. The molecule has 0 aliphatic carbocycles. The van der Waals surface area contributed by atoms with Crippen molar-refractivity contribution in [3.63, 3.8) is 0 Å². The van der Waals surface area contributed by atoms with E-state index in [2.05, 4.69) is 20.6 Å². The van der Waals surface area contributed by atoms with Crippen LogP contribution in [-0.2, 0) is 11.2 Å². The summed E-state index contributed by atoms with van der Waals surface area (Å²) in [5.41, 5.74) is 2.43. The summed E-state index contributed by atoms with van der Waals surface area (Å²) < 4.78 is 10.1. The van der Waals surface area contributed by atoms with Crippen molar-refractivity contribution in [2.24, 2.45) is 0 Å². The highest BCUT2D eigenvalue weighted by atomic mass is 16.5. The van der Waals surface area contributed by atoms with E-state index >= 15 is 0 Å². The second kappa shape index (κ2) is 9.36. The highest BCUT2D eigenvalue weighted by molar-refractivity contribution is 5.89. The fourth-order valence-corrected chi connectivity index (χ4v) is 2.69. The van der Waals surface area contributed by atoms with E-state index in [1.807, 2.05) is 24.3 Å². The van der Waals surface area contributed by atoms with Crippen molar-refractivity contribution >= 4 is 23.4 Å². The molecular weight excluding hydrogens is 356 g/mol. The number of nitrogens with zero attached hydrogens (tertiary/aromatic N) is 2. The van der Waals surface area contributed by atoms with Gasteiger partial charge in [0.05, 0.1) is 19.8 Å². The third kappa shape index (κ3) is 4.97. The van der Waals surface area contributed by atoms with Crippen LogP contribution in [0.4, 0.5) is 17.5 Å². The topological polar surface area (TPSA) is 85.4 Å². The number of methoxy groups -OCH3 is 2. The lowest BCUT2D eigenvalue weighted by atomic mass is 10.1. The van der Waals surface area contributed by atoms with E-state index in [-0.39, 0.29) is 5.97 Å². The first-order valence-electron chi connectivity index (χ1n) is 8.84. The van der Waals surface area contributed by atoms with Crippen molar-refractivity contribution < 1.29 is 14.3 Å². The second-order valence-corrected chi connectivity index (χ2v) is 5.95. The third-order valence-electron chi connectivity index (χ3n) is 4.10. The Bertz CT molecular complexity index is 929. The number of hydrogen-bond donors (Lipinski definition) is 2. The van der Waals surface area contributed by atoms with Gasteiger partial charge in [-0.3, -0.25) is 0 Å². The molecule has 0 saturated carbocycles. The van der Waals surface area contributed by atoms with E-state index in [4.69, 9.17) is 9.47 Å². The van der Waals surface area contributed by atoms with Gasteiger partial charge in [-0.2, -0.15) is 4.98 Å². The number of para-hydroxylation sites is 1. The predicted molar refractivity (Wildman–Crippen MR) is 108 cm³/mol. The maximum Gasteiger partial charge on any atom is 0.337 e. The van der Waals surface area contributed by atoms with Crippen LogP contribution in [0.5, 0.6) is 5.75 Å². The molecule has 1 aromatic heterocycles. The maximum atomic E-state index is 11.5. The van der Waals surface area contributed by atoms with Crippen LogP contribution in [0.3, 0.4) is 0 Å². The van der Waals surface area contributed by atoms with Crippen molar-refractivity contribution in [2.75, 3.05) is 31.4 Å². The van der Waals surface area contributed by atoms with Crippen LogP contribution in [0.2, 0.25) is 0 Å². The number of rotatable bonds is 8. The van der Waals surface area contributed by atoms with E-state index in [1.54, 1.807) is 43.6 Å². The van der Waals surface area contributed by atoms with Crippen LogP contribution in [0.25, 0.3) is 0 Å². The number of hydrogen-bond acceptors (Lipinski definition) is 7. The predicted octanol–water partition coefficient (Wildman–Crippen LogP) is 3.67. The Morgan fingerprint density at radius 3 is 2.57 bits per heavy atom. The van der Waals surface area contributed by atoms with Gasteiger partial charge in [-0.25, -0.2) is 9.78 Å². The van der Waals surface area contributed by atoms with Gasteiger partial charge in [0, 0.05) is 18.4 Å². The quantitative estimate of drug-likeness (QED) is 0.579. The van der Waals surface area contributed by atoms with Crippen molar-refractivity contribution in [1.29, 1.82) is 0 Å². The minimum absolute atomic E-state index is 0.366. The minimum atomic E-state index is -0.366. The van der Waals surface area contributed by atoms with E-state index in [1.165, 1.54) is 7.11 Å². The number of esters is 1. The summed E-state index contributed by atoms with van der Waals surface area (Å²) >= 11 is 0. The first-order valence-corrected chi connectivity index (χ1v) is 8.84. The normalized spacial score (nSPS) is 10.2. The number of nitrogens with one attached hydrogen (secondary N) is 2. The zero-order valence-electron chi connectivity index (χ0n) is 15.8.